The minimum atomic E-state index is -0.656. The molecule has 0 aliphatic rings. The summed E-state index contributed by atoms with van der Waals surface area (Å²) in [5.74, 6) is 0. The molecule has 18 heavy (non-hydrogen) atoms. The fraction of sp³-hybridized carbons (Fsp3) is 0.357. The molecule has 0 radical (unpaired) electrons. The molecule has 0 aliphatic carbocycles. The Labute approximate surface area is 106 Å². The maximum absolute atomic E-state index is 11.9. The van der Waals surface area contributed by atoms with Crippen molar-refractivity contribution in [3.05, 3.63) is 58.3 Å². The highest BCUT2D eigenvalue weighted by Crippen LogP contribution is 2.18. The molecule has 0 saturated heterocycles. The summed E-state index contributed by atoms with van der Waals surface area (Å²) in [6.45, 7) is 4.81. The SMILES string of the molecule is CCn1ccn(CC(O)c2ccccc2C)c1=O. The van der Waals surface area contributed by atoms with Gasteiger partial charge in [0.05, 0.1) is 12.6 Å². The molecular weight excluding hydrogens is 228 g/mol. The smallest absolute Gasteiger partial charge is 0.328 e. The second-order valence-electron chi connectivity index (χ2n) is 4.39. The summed E-state index contributed by atoms with van der Waals surface area (Å²) in [7, 11) is 0. The van der Waals surface area contributed by atoms with Crippen LogP contribution in [0.4, 0.5) is 0 Å². The number of aliphatic hydroxyl groups excluding tert-OH is 1. The number of aliphatic hydroxyl groups is 1. The van der Waals surface area contributed by atoms with Gasteiger partial charge in [-0.3, -0.25) is 9.13 Å². The third-order valence-electron chi connectivity index (χ3n) is 3.18. The average molecular weight is 246 g/mol. The molecule has 1 atom stereocenters. The quantitative estimate of drug-likeness (QED) is 0.892. The summed E-state index contributed by atoms with van der Waals surface area (Å²) in [6.07, 6.45) is 2.80. The maximum atomic E-state index is 11.9. The summed E-state index contributed by atoms with van der Waals surface area (Å²) in [6, 6.07) is 7.68. The number of hydrogen-bond acceptors (Lipinski definition) is 2. The zero-order valence-electron chi connectivity index (χ0n) is 10.7. The predicted octanol–water partition coefficient (Wildman–Crippen LogP) is 1.71. The molecule has 4 nitrogen and oxygen atoms in total. The van der Waals surface area contributed by atoms with Gasteiger partial charge in [-0.1, -0.05) is 24.3 Å². The van der Waals surface area contributed by atoms with Gasteiger partial charge in [0.2, 0.25) is 0 Å². The molecule has 2 aromatic rings. The number of aryl methyl sites for hydroxylation is 2. The minimum absolute atomic E-state index is 0.0786. The van der Waals surface area contributed by atoms with Crippen molar-refractivity contribution in [2.45, 2.75) is 33.0 Å². The molecule has 4 heteroatoms. The average Bonchev–Trinajstić information content (AvgIpc) is 2.71. The van der Waals surface area contributed by atoms with Crippen molar-refractivity contribution >= 4 is 0 Å². The van der Waals surface area contributed by atoms with Crippen LogP contribution in [0.1, 0.15) is 24.2 Å². The number of nitrogens with zero attached hydrogens (tertiary/aromatic N) is 2. The van der Waals surface area contributed by atoms with Gasteiger partial charge in [-0.15, -0.1) is 0 Å². The molecule has 2 rings (SSSR count). The van der Waals surface area contributed by atoms with Crippen molar-refractivity contribution < 1.29 is 5.11 Å². The van der Waals surface area contributed by atoms with Gasteiger partial charge in [-0.25, -0.2) is 4.79 Å². The van der Waals surface area contributed by atoms with Gasteiger partial charge in [-0.05, 0) is 25.0 Å². The lowest BCUT2D eigenvalue weighted by atomic mass is 10.0. The van der Waals surface area contributed by atoms with Crippen LogP contribution in [0.3, 0.4) is 0 Å². The summed E-state index contributed by atoms with van der Waals surface area (Å²) >= 11 is 0. The first kappa shape index (κ1) is 12.6. The Balaban J connectivity index is 2.21. The zero-order chi connectivity index (χ0) is 13.1. The van der Waals surface area contributed by atoms with E-state index in [0.717, 1.165) is 11.1 Å². The standard InChI is InChI=1S/C14H18N2O2/c1-3-15-8-9-16(14(15)18)10-13(17)12-7-5-4-6-11(12)2/h4-9,13,17H,3,10H2,1-2H3. The van der Waals surface area contributed by atoms with Crippen molar-refractivity contribution in [1.82, 2.24) is 9.13 Å². The first-order chi connectivity index (χ1) is 8.63. The van der Waals surface area contributed by atoms with Crippen molar-refractivity contribution in [2.24, 2.45) is 0 Å². The van der Waals surface area contributed by atoms with Crippen LogP contribution in [0.5, 0.6) is 0 Å². The lowest BCUT2D eigenvalue weighted by Gasteiger charge is -2.13. The Bertz CT molecular complexity index is 583. The molecule has 0 bridgehead atoms. The van der Waals surface area contributed by atoms with Gasteiger partial charge in [0, 0.05) is 18.9 Å². The fourth-order valence-electron chi connectivity index (χ4n) is 2.08. The zero-order valence-corrected chi connectivity index (χ0v) is 10.7. The monoisotopic (exact) mass is 246 g/mol. The molecular formula is C14H18N2O2. The molecule has 1 aromatic carbocycles. The van der Waals surface area contributed by atoms with E-state index in [-0.39, 0.29) is 12.2 Å². The lowest BCUT2D eigenvalue weighted by molar-refractivity contribution is 0.154. The van der Waals surface area contributed by atoms with Gasteiger partial charge < -0.3 is 5.11 Å². The van der Waals surface area contributed by atoms with Crippen molar-refractivity contribution in [2.75, 3.05) is 0 Å². The second-order valence-corrected chi connectivity index (χ2v) is 4.39. The van der Waals surface area contributed by atoms with E-state index in [0.29, 0.717) is 6.54 Å². The van der Waals surface area contributed by atoms with E-state index in [4.69, 9.17) is 0 Å². The van der Waals surface area contributed by atoms with Crippen LogP contribution in [0.2, 0.25) is 0 Å². The number of aromatic nitrogens is 2. The topological polar surface area (TPSA) is 47.2 Å². The number of imidazole rings is 1. The molecule has 0 saturated carbocycles. The molecule has 0 spiro atoms. The number of hydrogen-bond donors (Lipinski definition) is 1. The maximum Gasteiger partial charge on any atom is 0.328 e. The second kappa shape index (κ2) is 5.23. The minimum Gasteiger partial charge on any atom is -0.387 e. The molecule has 96 valence electrons. The molecule has 0 fully saturated rings. The molecule has 1 unspecified atom stereocenters. The summed E-state index contributed by atoms with van der Waals surface area (Å²) in [5, 5.41) is 10.2. The van der Waals surface area contributed by atoms with Crippen molar-refractivity contribution in [3.63, 3.8) is 0 Å². The Morgan fingerprint density at radius 2 is 1.89 bits per heavy atom. The van der Waals surface area contributed by atoms with Crippen LogP contribution >= 0.6 is 0 Å². The largest absolute Gasteiger partial charge is 0.387 e. The number of rotatable bonds is 4. The normalized spacial score (nSPS) is 12.6. The summed E-state index contributed by atoms with van der Waals surface area (Å²) < 4.78 is 3.16. The van der Waals surface area contributed by atoms with Gasteiger partial charge >= 0.3 is 5.69 Å². The van der Waals surface area contributed by atoms with Crippen LogP contribution < -0.4 is 5.69 Å². The van der Waals surface area contributed by atoms with E-state index in [1.807, 2.05) is 38.1 Å². The van der Waals surface area contributed by atoms with E-state index < -0.39 is 6.10 Å². The highest BCUT2D eigenvalue weighted by Gasteiger charge is 2.12. The van der Waals surface area contributed by atoms with Crippen molar-refractivity contribution in [1.29, 1.82) is 0 Å². The molecule has 1 aromatic heterocycles. The first-order valence-electron chi connectivity index (χ1n) is 6.12. The number of benzene rings is 1. The van der Waals surface area contributed by atoms with Crippen LogP contribution in [0.25, 0.3) is 0 Å². The van der Waals surface area contributed by atoms with E-state index in [1.165, 1.54) is 0 Å². The Morgan fingerprint density at radius 1 is 1.22 bits per heavy atom. The first-order valence-corrected chi connectivity index (χ1v) is 6.12. The highest BCUT2D eigenvalue weighted by molar-refractivity contribution is 5.27. The van der Waals surface area contributed by atoms with E-state index in [2.05, 4.69) is 0 Å². The third-order valence-corrected chi connectivity index (χ3v) is 3.18. The highest BCUT2D eigenvalue weighted by atomic mass is 16.3. The van der Waals surface area contributed by atoms with Crippen LogP contribution in [0, 0.1) is 6.92 Å². The summed E-state index contributed by atoms with van der Waals surface area (Å²) in [4.78, 5) is 11.9. The van der Waals surface area contributed by atoms with Crippen LogP contribution in [-0.4, -0.2) is 14.2 Å². The van der Waals surface area contributed by atoms with Crippen LogP contribution in [-0.2, 0) is 13.1 Å². The molecule has 1 N–H and O–H groups in total. The third kappa shape index (κ3) is 2.38. The van der Waals surface area contributed by atoms with Crippen LogP contribution in [0.15, 0.2) is 41.5 Å². The fourth-order valence-corrected chi connectivity index (χ4v) is 2.08. The Morgan fingerprint density at radius 3 is 2.50 bits per heavy atom. The van der Waals surface area contributed by atoms with Crippen molar-refractivity contribution in [3.8, 4) is 0 Å². The molecule has 1 heterocycles. The van der Waals surface area contributed by atoms with Gasteiger partial charge in [0.1, 0.15) is 0 Å². The van der Waals surface area contributed by atoms with E-state index in [1.54, 1.807) is 21.5 Å². The summed E-state index contributed by atoms with van der Waals surface area (Å²) in [5.41, 5.74) is 1.83. The lowest BCUT2D eigenvalue weighted by Crippen LogP contribution is -2.25. The predicted molar refractivity (Wildman–Crippen MR) is 70.5 cm³/mol. The van der Waals surface area contributed by atoms with Gasteiger partial charge in [0.25, 0.3) is 0 Å². The van der Waals surface area contributed by atoms with Gasteiger partial charge in [-0.2, -0.15) is 0 Å². The Kier molecular flexibility index (Phi) is 3.67. The van der Waals surface area contributed by atoms with E-state index in [9.17, 15) is 9.90 Å². The van der Waals surface area contributed by atoms with E-state index >= 15 is 0 Å². The molecule has 0 aliphatic heterocycles. The Hall–Kier alpha value is -1.81. The molecule has 0 amide bonds. The van der Waals surface area contributed by atoms with Gasteiger partial charge in [0.15, 0.2) is 0 Å².